The maximum Gasteiger partial charge on any atom is 0.511 e. The molecule has 1 heterocycles. The number of nitrogens with zero attached hydrogens (tertiary/aromatic N) is 1. The predicted molar refractivity (Wildman–Crippen MR) is 235 cm³/mol. The van der Waals surface area contributed by atoms with E-state index >= 15 is 0 Å². The fourth-order valence-corrected chi connectivity index (χ4v) is 6.46. The molecule has 1 fully saturated rings. The number of carbonyl (C=O) groups excluding carboxylic acids is 4. The summed E-state index contributed by atoms with van der Waals surface area (Å²) < 4.78 is 40.3. The number of rotatable bonds is 34. The zero-order valence-electron chi connectivity index (χ0n) is 38.3. The van der Waals surface area contributed by atoms with E-state index < -0.39 is 36.1 Å². The van der Waals surface area contributed by atoms with Crippen LogP contribution in [0.2, 0.25) is 0 Å². The third-order valence-electron chi connectivity index (χ3n) is 10.2. The molecule has 0 aliphatic carbocycles. The van der Waals surface area contributed by atoms with E-state index in [-0.39, 0.29) is 64.2 Å². The van der Waals surface area contributed by atoms with Gasteiger partial charge in [-0.3, -0.25) is 9.59 Å². The Kier molecular flexibility index (Phi) is 33.0. The van der Waals surface area contributed by atoms with E-state index in [9.17, 15) is 19.2 Å². The molecule has 0 N–H and O–H groups in total. The Morgan fingerprint density at radius 3 is 1.95 bits per heavy atom. The highest BCUT2D eigenvalue weighted by Gasteiger charge is 2.44. The summed E-state index contributed by atoms with van der Waals surface area (Å²) in [4.78, 5) is 54.4. The lowest BCUT2D eigenvalue weighted by atomic mass is 9.99. The molecule has 12 nitrogen and oxygen atoms in total. The van der Waals surface area contributed by atoms with Crippen LogP contribution in [0.5, 0.6) is 0 Å². The minimum atomic E-state index is -1.73. The lowest BCUT2D eigenvalue weighted by Gasteiger charge is -2.33. The number of hydrogen-bond donors (Lipinski definition) is 0. The molecule has 0 aromatic rings. The molecular formula is C48H81NO11. The largest absolute Gasteiger partial charge is 0.511 e. The summed E-state index contributed by atoms with van der Waals surface area (Å²) in [5, 5.41) is 0. The third kappa shape index (κ3) is 26.7. The predicted octanol–water partition coefficient (Wildman–Crippen LogP) is 10.4. The van der Waals surface area contributed by atoms with Gasteiger partial charge in [-0.25, -0.2) is 9.59 Å². The number of esters is 3. The number of hydrogen-bond acceptors (Lipinski definition) is 12. The van der Waals surface area contributed by atoms with Crippen LogP contribution in [-0.2, 0) is 47.5 Å². The van der Waals surface area contributed by atoms with Crippen molar-refractivity contribution >= 4 is 24.1 Å². The number of ether oxygens (including phenoxy) is 7. The first-order valence-corrected chi connectivity index (χ1v) is 23.3. The molecule has 0 aromatic carbocycles. The molecule has 0 aromatic heterocycles. The Morgan fingerprint density at radius 2 is 1.35 bits per heavy atom. The Morgan fingerprint density at radius 1 is 0.717 bits per heavy atom. The van der Waals surface area contributed by atoms with Crippen molar-refractivity contribution in [1.82, 2.24) is 4.90 Å². The van der Waals surface area contributed by atoms with E-state index in [0.29, 0.717) is 32.1 Å². The second kappa shape index (κ2) is 36.3. The fraction of sp³-hybridized carbons (Fsp3) is 0.792. The number of unbranched alkanes of at least 4 members (excludes halogenated alkanes) is 8. The normalized spacial score (nSPS) is 15.6. The Balaban J connectivity index is 2.91. The summed E-state index contributed by atoms with van der Waals surface area (Å²) in [6, 6.07) is 0. The molecule has 0 amide bonds. The zero-order valence-corrected chi connectivity index (χ0v) is 38.3. The topological polar surface area (TPSA) is 136 Å². The Labute approximate surface area is 363 Å². The van der Waals surface area contributed by atoms with Crippen LogP contribution in [0, 0.1) is 23.7 Å². The number of likely N-dealkylation sites (tertiary alicyclic amines) is 1. The molecular weight excluding hydrogens is 767 g/mol. The average Bonchev–Trinajstić information content (AvgIpc) is 3.25. The van der Waals surface area contributed by atoms with Gasteiger partial charge in [-0.1, -0.05) is 84.6 Å². The fourth-order valence-electron chi connectivity index (χ4n) is 6.46. The first kappa shape index (κ1) is 54.6. The van der Waals surface area contributed by atoms with Crippen molar-refractivity contribution in [3.05, 3.63) is 24.3 Å². The molecule has 60 heavy (non-hydrogen) atoms. The average molecular weight is 848 g/mol. The zero-order chi connectivity index (χ0) is 44.1. The standard InChI is InChI=1S/C48H81NO11/c1-7-12-15-18-21-22-27-35-54-43(50)32-25-26-33-44(51)55-39-41(6)45(60-47(53)56-40-42-31-30-34-49(11-5)38-42)59-46(52)48(10-4,57-36-28-23-19-16-13-8-2)58-37-29-24-20-17-14-9-3/h13-14,16-17,41-42,45H,7-12,15,18-20,23-40H2,1-6H3/b16-13-,17-14-. The van der Waals surface area contributed by atoms with Gasteiger partial charge in [0.05, 0.1) is 25.7 Å². The maximum absolute atomic E-state index is 14.1. The first-order valence-electron chi connectivity index (χ1n) is 23.3. The van der Waals surface area contributed by atoms with Crippen LogP contribution in [0.3, 0.4) is 0 Å². The smallest absolute Gasteiger partial charge is 0.465 e. The van der Waals surface area contributed by atoms with E-state index in [1.807, 2.05) is 0 Å². The molecule has 344 valence electrons. The van der Waals surface area contributed by atoms with Gasteiger partial charge >= 0.3 is 24.1 Å². The van der Waals surface area contributed by atoms with Crippen LogP contribution in [0.15, 0.2) is 24.3 Å². The van der Waals surface area contributed by atoms with Gasteiger partial charge in [0.1, 0.15) is 13.2 Å². The molecule has 3 unspecified atom stereocenters. The van der Waals surface area contributed by atoms with Crippen LogP contribution >= 0.6 is 0 Å². The highest BCUT2D eigenvalue weighted by Crippen LogP contribution is 2.26. The van der Waals surface area contributed by atoms with Gasteiger partial charge in [-0.2, -0.15) is 0 Å². The van der Waals surface area contributed by atoms with Crippen molar-refractivity contribution in [2.75, 3.05) is 52.7 Å². The molecule has 1 aliphatic heterocycles. The van der Waals surface area contributed by atoms with E-state index in [2.05, 4.69) is 68.7 Å². The summed E-state index contributed by atoms with van der Waals surface area (Å²) in [5.74, 6) is 2.17. The third-order valence-corrected chi connectivity index (χ3v) is 10.2. The van der Waals surface area contributed by atoms with Crippen LogP contribution in [-0.4, -0.2) is 93.7 Å². The van der Waals surface area contributed by atoms with E-state index in [1.54, 1.807) is 13.8 Å². The highest BCUT2D eigenvalue weighted by molar-refractivity contribution is 5.78. The van der Waals surface area contributed by atoms with Gasteiger partial charge in [0.25, 0.3) is 12.1 Å². The van der Waals surface area contributed by atoms with Crippen molar-refractivity contribution in [3.8, 4) is 11.8 Å². The number of allylic oxidation sites excluding steroid dienone is 4. The van der Waals surface area contributed by atoms with Crippen LogP contribution < -0.4 is 0 Å². The molecule has 0 bridgehead atoms. The molecule has 1 saturated heterocycles. The van der Waals surface area contributed by atoms with E-state index in [0.717, 1.165) is 96.7 Å². The quantitative estimate of drug-likeness (QED) is 0.0152. The molecule has 0 radical (unpaired) electrons. The minimum absolute atomic E-state index is 0.0792. The molecule has 3 atom stereocenters. The van der Waals surface area contributed by atoms with Gasteiger partial charge in [0.15, 0.2) is 0 Å². The molecule has 1 rings (SSSR count). The number of piperidine rings is 1. The van der Waals surface area contributed by atoms with Gasteiger partial charge in [-0.15, -0.1) is 5.92 Å². The SMILES string of the molecule is CC/C=C\CCCCOC(CC)(OCCCC/C=C\CC)C(=O)OC(OC(=O)OCC1CCCN(CC)C1)C(C)COC(=O)CCCCC(=O)OCCC#CCCCCC. The van der Waals surface area contributed by atoms with Crippen LogP contribution in [0.25, 0.3) is 0 Å². The molecule has 0 spiro atoms. The van der Waals surface area contributed by atoms with Crippen LogP contribution in [0.4, 0.5) is 4.79 Å². The summed E-state index contributed by atoms with van der Waals surface area (Å²) in [7, 11) is 0. The van der Waals surface area contributed by atoms with Gasteiger partial charge in [-0.05, 0) is 96.6 Å². The molecule has 0 saturated carbocycles. The van der Waals surface area contributed by atoms with E-state index in [1.165, 1.54) is 0 Å². The summed E-state index contributed by atoms with van der Waals surface area (Å²) in [5.41, 5.74) is 0. The van der Waals surface area contributed by atoms with Gasteiger partial charge in [0.2, 0.25) is 0 Å². The van der Waals surface area contributed by atoms with Crippen molar-refractivity contribution < 1.29 is 52.3 Å². The Hall–Kier alpha value is -3.40. The lowest BCUT2D eigenvalue weighted by Crippen LogP contribution is -2.48. The monoisotopic (exact) mass is 848 g/mol. The number of carbonyl (C=O) groups is 4. The lowest BCUT2D eigenvalue weighted by molar-refractivity contribution is -0.266. The highest BCUT2D eigenvalue weighted by atomic mass is 16.8. The van der Waals surface area contributed by atoms with Crippen molar-refractivity contribution in [2.24, 2.45) is 11.8 Å². The molecule has 1 aliphatic rings. The second-order valence-electron chi connectivity index (χ2n) is 15.6. The Bertz CT molecular complexity index is 1250. The van der Waals surface area contributed by atoms with E-state index in [4.69, 9.17) is 33.2 Å². The molecule has 12 heteroatoms. The van der Waals surface area contributed by atoms with Gasteiger partial charge < -0.3 is 38.1 Å². The summed E-state index contributed by atoms with van der Waals surface area (Å²) in [6.07, 6.45) is 21.1. The van der Waals surface area contributed by atoms with Crippen molar-refractivity contribution in [1.29, 1.82) is 0 Å². The first-order chi connectivity index (χ1) is 29.1. The van der Waals surface area contributed by atoms with Crippen LogP contribution in [0.1, 0.15) is 170 Å². The second-order valence-corrected chi connectivity index (χ2v) is 15.6. The van der Waals surface area contributed by atoms with Crippen molar-refractivity contribution in [3.63, 3.8) is 0 Å². The summed E-state index contributed by atoms with van der Waals surface area (Å²) >= 11 is 0. The maximum atomic E-state index is 14.1. The minimum Gasteiger partial charge on any atom is -0.465 e. The summed E-state index contributed by atoms with van der Waals surface area (Å²) in [6.45, 7) is 15.4. The van der Waals surface area contributed by atoms with Gasteiger partial charge in [0, 0.05) is 44.6 Å². The van der Waals surface area contributed by atoms with Crippen molar-refractivity contribution in [2.45, 2.75) is 182 Å².